The molecule has 0 radical (unpaired) electrons. The highest BCUT2D eigenvalue weighted by molar-refractivity contribution is 5.82. The SMILES string of the molecule is CN1CCCC(N(C)C(C(=O)NN)c2ccccc2)C1. The summed E-state index contributed by atoms with van der Waals surface area (Å²) in [5.74, 6) is 5.21. The summed E-state index contributed by atoms with van der Waals surface area (Å²) in [4.78, 5) is 16.6. The Balaban J connectivity index is 2.20. The van der Waals surface area contributed by atoms with Gasteiger partial charge < -0.3 is 4.90 Å². The smallest absolute Gasteiger partial charge is 0.255 e. The number of likely N-dealkylation sites (N-methyl/N-ethyl adjacent to an activating group) is 2. The summed E-state index contributed by atoms with van der Waals surface area (Å²) in [7, 11) is 4.14. The molecule has 110 valence electrons. The van der Waals surface area contributed by atoms with Crippen molar-refractivity contribution in [2.45, 2.75) is 24.9 Å². The molecule has 5 nitrogen and oxygen atoms in total. The molecule has 2 rings (SSSR count). The molecule has 1 aliphatic heterocycles. The monoisotopic (exact) mass is 276 g/mol. The first kappa shape index (κ1) is 15.0. The Kier molecular flexibility index (Phi) is 5.11. The molecule has 1 aliphatic rings. The van der Waals surface area contributed by atoms with Crippen molar-refractivity contribution >= 4 is 5.91 Å². The highest BCUT2D eigenvalue weighted by atomic mass is 16.2. The summed E-state index contributed by atoms with van der Waals surface area (Å²) in [6, 6.07) is 9.84. The average Bonchev–Trinajstić information content (AvgIpc) is 2.48. The van der Waals surface area contributed by atoms with Gasteiger partial charge in [-0.2, -0.15) is 0 Å². The second kappa shape index (κ2) is 6.83. The van der Waals surface area contributed by atoms with Crippen LogP contribution >= 0.6 is 0 Å². The van der Waals surface area contributed by atoms with Crippen LogP contribution in [-0.4, -0.2) is 48.9 Å². The molecular weight excluding hydrogens is 252 g/mol. The van der Waals surface area contributed by atoms with Crippen molar-refractivity contribution in [1.29, 1.82) is 0 Å². The molecule has 5 heteroatoms. The van der Waals surface area contributed by atoms with Crippen LogP contribution in [0.5, 0.6) is 0 Å². The van der Waals surface area contributed by atoms with Crippen LogP contribution in [-0.2, 0) is 4.79 Å². The topological polar surface area (TPSA) is 61.6 Å². The summed E-state index contributed by atoms with van der Waals surface area (Å²) in [5, 5.41) is 0. The van der Waals surface area contributed by atoms with Gasteiger partial charge in [-0.15, -0.1) is 0 Å². The van der Waals surface area contributed by atoms with E-state index in [2.05, 4.69) is 22.3 Å². The zero-order valence-corrected chi connectivity index (χ0v) is 12.2. The van der Waals surface area contributed by atoms with Crippen LogP contribution in [0.25, 0.3) is 0 Å². The van der Waals surface area contributed by atoms with Gasteiger partial charge in [0, 0.05) is 12.6 Å². The first-order chi connectivity index (χ1) is 9.63. The fourth-order valence-electron chi connectivity index (χ4n) is 2.97. The lowest BCUT2D eigenvalue weighted by molar-refractivity contribution is -0.127. The zero-order chi connectivity index (χ0) is 14.5. The number of likely N-dealkylation sites (tertiary alicyclic amines) is 1. The van der Waals surface area contributed by atoms with Crippen molar-refractivity contribution in [3.8, 4) is 0 Å². The maximum atomic E-state index is 12.2. The third-order valence-electron chi connectivity index (χ3n) is 4.09. The van der Waals surface area contributed by atoms with E-state index in [1.165, 1.54) is 0 Å². The molecular formula is C15H24N4O. The minimum atomic E-state index is -0.335. The van der Waals surface area contributed by atoms with Crippen molar-refractivity contribution in [1.82, 2.24) is 15.2 Å². The first-order valence-electron chi connectivity index (χ1n) is 7.09. The van der Waals surface area contributed by atoms with Crippen LogP contribution < -0.4 is 11.3 Å². The maximum absolute atomic E-state index is 12.2. The highest BCUT2D eigenvalue weighted by Gasteiger charge is 2.31. The molecule has 0 saturated carbocycles. The minimum absolute atomic E-state index is 0.160. The summed E-state index contributed by atoms with van der Waals surface area (Å²) in [5.41, 5.74) is 3.28. The lowest BCUT2D eigenvalue weighted by Crippen LogP contribution is -2.50. The Morgan fingerprint density at radius 1 is 1.45 bits per heavy atom. The zero-order valence-electron chi connectivity index (χ0n) is 12.2. The fourth-order valence-corrected chi connectivity index (χ4v) is 2.97. The third kappa shape index (κ3) is 3.36. The Morgan fingerprint density at radius 2 is 2.15 bits per heavy atom. The van der Waals surface area contributed by atoms with Gasteiger partial charge in [0.15, 0.2) is 0 Å². The molecule has 1 saturated heterocycles. The van der Waals surface area contributed by atoms with E-state index in [0.29, 0.717) is 6.04 Å². The van der Waals surface area contributed by atoms with Gasteiger partial charge in [-0.05, 0) is 39.0 Å². The number of carbonyl (C=O) groups excluding carboxylic acids is 1. The van der Waals surface area contributed by atoms with Crippen LogP contribution in [0.4, 0.5) is 0 Å². The van der Waals surface area contributed by atoms with Crippen molar-refractivity contribution in [2.24, 2.45) is 5.84 Å². The van der Waals surface area contributed by atoms with Gasteiger partial charge in [-0.3, -0.25) is 15.1 Å². The number of nitrogens with one attached hydrogen (secondary N) is 1. The Bertz CT molecular complexity index is 437. The third-order valence-corrected chi connectivity index (χ3v) is 4.09. The Labute approximate surface area is 120 Å². The van der Waals surface area contributed by atoms with E-state index >= 15 is 0 Å². The average molecular weight is 276 g/mol. The number of benzene rings is 1. The lowest BCUT2D eigenvalue weighted by atomic mass is 9.99. The van der Waals surface area contributed by atoms with E-state index in [-0.39, 0.29) is 11.9 Å². The number of rotatable bonds is 4. The van der Waals surface area contributed by atoms with E-state index in [1.54, 1.807) is 0 Å². The summed E-state index contributed by atoms with van der Waals surface area (Å²) < 4.78 is 0. The number of amides is 1. The maximum Gasteiger partial charge on any atom is 0.255 e. The van der Waals surface area contributed by atoms with Crippen molar-refractivity contribution in [3.05, 3.63) is 35.9 Å². The molecule has 1 aromatic carbocycles. The number of carbonyl (C=O) groups is 1. The van der Waals surface area contributed by atoms with E-state index in [9.17, 15) is 4.79 Å². The van der Waals surface area contributed by atoms with Crippen LogP contribution in [0.3, 0.4) is 0 Å². The molecule has 20 heavy (non-hydrogen) atoms. The van der Waals surface area contributed by atoms with Crippen LogP contribution in [0.15, 0.2) is 30.3 Å². The fraction of sp³-hybridized carbons (Fsp3) is 0.533. The molecule has 2 unspecified atom stereocenters. The van der Waals surface area contributed by atoms with E-state index in [0.717, 1.165) is 31.5 Å². The molecule has 3 N–H and O–H groups in total. The summed E-state index contributed by atoms with van der Waals surface area (Å²) in [6.07, 6.45) is 2.28. The summed E-state index contributed by atoms with van der Waals surface area (Å²) >= 11 is 0. The molecule has 0 aliphatic carbocycles. The molecule has 1 amide bonds. The molecule has 0 bridgehead atoms. The van der Waals surface area contributed by atoms with Gasteiger partial charge in [0.05, 0.1) is 0 Å². The van der Waals surface area contributed by atoms with Crippen LogP contribution in [0.1, 0.15) is 24.4 Å². The van der Waals surface area contributed by atoms with Crippen LogP contribution in [0.2, 0.25) is 0 Å². The first-order valence-corrected chi connectivity index (χ1v) is 7.09. The number of hydrogen-bond acceptors (Lipinski definition) is 4. The second-order valence-corrected chi connectivity index (χ2v) is 5.55. The molecule has 1 fully saturated rings. The van der Waals surface area contributed by atoms with Gasteiger partial charge in [0.1, 0.15) is 6.04 Å². The van der Waals surface area contributed by atoms with Crippen molar-refractivity contribution < 1.29 is 4.79 Å². The predicted molar refractivity (Wildman–Crippen MR) is 79.8 cm³/mol. The summed E-state index contributed by atoms with van der Waals surface area (Å²) in [6.45, 7) is 2.11. The minimum Gasteiger partial charge on any atom is -0.305 e. The van der Waals surface area contributed by atoms with Crippen LogP contribution in [0, 0.1) is 0 Å². The van der Waals surface area contributed by atoms with Gasteiger partial charge in [-0.25, -0.2) is 5.84 Å². The lowest BCUT2D eigenvalue weighted by Gasteiger charge is -2.39. The van der Waals surface area contributed by atoms with Crippen molar-refractivity contribution in [2.75, 3.05) is 27.2 Å². The number of nitrogens with zero attached hydrogens (tertiary/aromatic N) is 2. The Morgan fingerprint density at radius 3 is 2.75 bits per heavy atom. The number of hydrogen-bond donors (Lipinski definition) is 2. The quantitative estimate of drug-likeness (QED) is 0.484. The highest BCUT2D eigenvalue weighted by Crippen LogP contribution is 2.25. The van der Waals surface area contributed by atoms with E-state index in [4.69, 9.17) is 5.84 Å². The molecule has 2 atom stereocenters. The molecule has 0 aromatic heterocycles. The molecule has 1 aromatic rings. The molecule has 1 heterocycles. The number of hydrazine groups is 1. The van der Waals surface area contributed by atoms with Gasteiger partial charge >= 0.3 is 0 Å². The predicted octanol–water partition coefficient (Wildman–Crippen LogP) is 0.744. The molecule has 0 spiro atoms. The van der Waals surface area contributed by atoms with Gasteiger partial charge in [0.2, 0.25) is 0 Å². The second-order valence-electron chi connectivity index (χ2n) is 5.55. The van der Waals surface area contributed by atoms with E-state index in [1.807, 2.05) is 37.4 Å². The number of nitrogens with two attached hydrogens (primary N) is 1. The Hall–Kier alpha value is -1.43. The van der Waals surface area contributed by atoms with E-state index < -0.39 is 0 Å². The van der Waals surface area contributed by atoms with Gasteiger partial charge in [-0.1, -0.05) is 30.3 Å². The van der Waals surface area contributed by atoms with Gasteiger partial charge in [0.25, 0.3) is 5.91 Å². The largest absolute Gasteiger partial charge is 0.305 e. The number of piperidine rings is 1. The normalized spacial score (nSPS) is 21.7. The standard InChI is InChI=1S/C15H24N4O/c1-18-10-6-9-13(11-18)19(2)14(15(20)17-16)12-7-4-3-5-8-12/h3-5,7-8,13-14H,6,9-11,16H2,1-2H3,(H,17,20). The van der Waals surface area contributed by atoms with Crippen molar-refractivity contribution in [3.63, 3.8) is 0 Å².